The number of rotatable bonds is 6. The van der Waals surface area contributed by atoms with Crippen LogP contribution in [0.15, 0.2) is 55.0 Å². The fraction of sp³-hybridized carbons (Fsp3) is 0.308. The summed E-state index contributed by atoms with van der Waals surface area (Å²) in [6, 6.07) is 11.9. The van der Waals surface area contributed by atoms with Gasteiger partial charge in [-0.05, 0) is 39.0 Å². The number of hydrogen-bond acceptors (Lipinski definition) is 7. The Balaban J connectivity index is 1.36. The molecule has 192 valence electrons. The van der Waals surface area contributed by atoms with Crippen LogP contribution >= 0.6 is 23.2 Å². The number of para-hydroxylation sites is 1. The van der Waals surface area contributed by atoms with Crippen molar-refractivity contribution in [3.8, 4) is 0 Å². The highest BCUT2D eigenvalue weighted by Gasteiger charge is 2.23. The minimum Gasteiger partial charge on any atom is -0.388 e. The van der Waals surface area contributed by atoms with Gasteiger partial charge in [0, 0.05) is 48.5 Å². The molecule has 37 heavy (non-hydrogen) atoms. The molecule has 3 atom stereocenters. The molecule has 1 unspecified atom stereocenters. The van der Waals surface area contributed by atoms with Crippen molar-refractivity contribution >= 4 is 51.5 Å². The molecule has 11 heteroatoms. The van der Waals surface area contributed by atoms with Crippen molar-refractivity contribution in [3.05, 3.63) is 76.3 Å². The van der Waals surface area contributed by atoms with E-state index in [-0.39, 0.29) is 11.6 Å². The van der Waals surface area contributed by atoms with Crippen molar-refractivity contribution in [2.24, 2.45) is 0 Å². The quantitative estimate of drug-likeness (QED) is 0.364. The summed E-state index contributed by atoms with van der Waals surface area (Å²) in [5, 5.41) is 12.3. The van der Waals surface area contributed by atoms with E-state index in [1.807, 2.05) is 36.4 Å². The second-order valence-electron chi connectivity index (χ2n) is 9.24. The van der Waals surface area contributed by atoms with E-state index < -0.39 is 6.10 Å². The van der Waals surface area contributed by atoms with Crippen LogP contribution in [0.4, 0.5) is 11.5 Å². The normalized spacial score (nSPS) is 18.6. The van der Waals surface area contributed by atoms with Crippen LogP contribution in [-0.4, -0.2) is 51.0 Å². The highest BCUT2D eigenvalue weighted by molar-refractivity contribution is 6.35. The Morgan fingerprint density at radius 3 is 2.46 bits per heavy atom. The van der Waals surface area contributed by atoms with Gasteiger partial charge in [-0.25, -0.2) is 4.98 Å². The summed E-state index contributed by atoms with van der Waals surface area (Å²) in [4.78, 5) is 31.4. The lowest BCUT2D eigenvalue weighted by Crippen LogP contribution is -2.54. The minimum atomic E-state index is -0.547. The third-order valence-electron chi connectivity index (χ3n) is 6.21. The molecule has 0 spiro atoms. The number of nitrogens with zero attached hydrogens (tertiary/aromatic N) is 5. The van der Waals surface area contributed by atoms with Crippen LogP contribution < -0.4 is 20.4 Å². The third kappa shape index (κ3) is 5.34. The summed E-state index contributed by atoms with van der Waals surface area (Å²) in [6.45, 7) is 7.87. The van der Waals surface area contributed by atoms with Crippen molar-refractivity contribution in [2.75, 3.05) is 23.3 Å². The first kappa shape index (κ1) is 25.3. The molecule has 3 aromatic heterocycles. The van der Waals surface area contributed by atoms with Gasteiger partial charge in [-0.1, -0.05) is 46.2 Å². The molecule has 1 aliphatic rings. The van der Waals surface area contributed by atoms with Gasteiger partial charge in [0.05, 0.1) is 21.9 Å². The molecule has 0 saturated carbocycles. The second-order valence-corrected chi connectivity index (χ2v) is 10.1. The van der Waals surface area contributed by atoms with Crippen molar-refractivity contribution in [2.45, 2.75) is 39.0 Å². The van der Waals surface area contributed by atoms with Gasteiger partial charge in [0.25, 0.3) is 5.91 Å². The summed E-state index contributed by atoms with van der Waals surface area (Å²) >= 11 is 12.6. The lowest BCUT2D eigenvalue weighted by molar-refractivity contribution is 0.0321. The first-order chi connectivity index (χ1) is 17.8. The van der Waals surface area contributed by atoms with E-state index in [9.17, 15) is 4.79 Å². The number of amides is 1. The summed E-state index contributed by atoms with van der Waals surface area (Å²) in [5.41, 5.74) is 2.02. The van der Waals surface area contributed by atoms with Crippen LogP contribution in [-0.2, 0) is 0 Å². The molecule has 4 heterocycles. The van der Waals surface area contributed by atoms with Gasteiger partial charge in [0.15, 0.2) is 11.8 Å². The van der Waals surface area contributed by atoms with Crippen LogP contribution in [0.3, 0.4) is 0 Å². The first-order valence-corrected chi connectivity index (χ1v) is 12.8. The van der Waals surface area contributed by atoms with Crippen molar-refractivity contribution in [1.82, 2.24) is 25.2 Å². The highest BCUT2D eigenvalue weighted by Crippen LogP contribution is 2.30. The Hall–Kier alpha value is -3.40. The number of piperazine rings is 1. The van der Waals surface area contributed by atoms with Crippen molar-refractivity contribution in [3.63, 3.8) is 0 Å². The molecule has 9 nitrogen and oxygen atoms in total. The van der Waals surface area contributed by atoms with E-state index in [0.717, 1.165) is 18.9 Å². The number of nitrogens with one attached hydrogen (secondary N) is 2. The molecule has 1 fully saturated rings. The SMILES string of the molecule is CC(On1nc(C(=O)Nc2ccc(N3C[C@@H](C)N[C@@H](C)C3)nc2)c2ccccc21)c1c(Cl)cncc1Cl. The average Bonchev–Trinajstić information content (AvgIpc) is 3.22. The highest BCUT2D eigenvalue weighted by atomic mass is 35.5. The van der Waals surface area contributed by atoms with E-state index >= 15 is 0 Å². The Morgan fingerprint density at radius 2 is 1.78 bits per heavy atom. The van der Waals surface area contributed by atoms with Gasteiger partial charge in [0.1, 0.15) is 11.3 Å². The Kier molecular flexibility index (Phi) is 7.19. The van der Waals surface area contributed by atoms with E-state index in [1.165, 1.54) is 17.2 Å². The molecular weight excluding hydrogens is 513 g/mol. The zero-order valence-electron chi connectivity index (χ0n) is 20.7. The van der Waals surface area contributed by atoms with Crippen LogP contribution in [0, 0.1) is 0 Å². The predicted octanol–water partition coefficient (Wildman–Crippen LogP) is 4.76. The maximum atomic E-state index is 13.2. The molecule has 4 aromatic rings. The van der Waals surface area contributed by atoms with E-state index in [4.69, 9.17) is 28.0 Å². The predicted molar refractivity (Wildman–Crippen MR) is 145 cm³/mol. The summed E-state index contributed by atoms with van der Waals surface area (Å²) in [6.07, 6.45) is 4.13. The molecule has 1 aliphatic heterocycles. The van der Waals surface area contributed by atoms with Crippen molar-refractivity contribution in [1.29, 1.82) is 0 Å². The molecule has 1 amide bonds. The number of pyridine rings is 2. The minimum absolute atomic E-state index is 0.226. The lowest BCUT2D eigenvalue weighted by atomic mass is 10.1. The Morgan fingerprint density at radius 1 is 1.08 bits per heavy atom. The molecule has 0 bridgehead atoms. The molecule has 5 rings (SSSR count). The largest absolute Gasteiger partial charge is 0.388 e. The average molecular weight is 540 g/mol. The summed E-state index contributed by atoms with van der Waals surface area (Å²) in [7, 11) is 0. The van der Waals surface area contributed by atoms with Crippen LogP contribution in [0.2, 0.25) is 10.0 Å². The second kappa shape index (κ2) is 10.5. The van der Waals surface area contributed by atoms with Gasteiger partial charge >= 0.3 is 0 Å². The van der Waals surface area contributed by atoms with Crippen LogP contribution in [0.25, 0.3) is 10.9 Å². The number of anilines is 2. The Bertz CT molecular complexity index is 1400. The maximum Gasteiger partial charge on any atom is 0.276 e. The third-order valence-corrected chi connectivity index (χ3v) is 6.82. The smallest absolute Gasteiger partial charge is 0.276 e. The van der Waals surface area contributed by atoms with Crippen LogP contribution in [0.5, 0.6) is 0 Å². The summed E-state index contributed by atoms with van der Waals surface area (Å²) in [5.74, 6) is 0.508. The Labute approximate surface area is 224 Å². The fourth-order valence-corrected chi connectivity index (χ4v) is 5.32. The number of hydrogen-bond donors (Lipinski definition) is 2. The fourth-order valence-electron chi connectivity index (χ4n) is 4.65. The standard InChI is InChI=1S/C26H27Cl2N7O2/c1-15-13-34(14-16(2)31-15)23-9-8-18(10-30-23)32-26(36)25-19-6-4-5-7-22(19)35(33-25)37-17(3)24-20(27)11-29-12-21(24)28/h4-12,15-17,31H,13-14H2,1-3H3,(H,32,36)/t15-,16+,17?. The number of aromatic nitrogens is 4. The van der Waals surface area contributed by atoms with Crippen molar-refractivity contribution < 1.29 is 9.63 Å². The molecule has 1 aromatic carbocycles. The van der Waals surface area contributed by atoms with Gasteiger partial charge in [-0.3, -0.25) is 9.78 Å². The topological polar surface area (TPSA) is 97.2 Å². The number of halogens is 2. The summed E-state index contributed by atoms with van der Waals surface area (Å²) < 4.78 is 0. The number of carbonyl (C=O) groups excluding carboxylic acids is 1. The lowest BCUT2D eigenvalue weighted by Gasteiger charge is -2.36. The molecule has 1 saturated heterocycles. The van der Waals surface area contributed by atoms with Gasteiger partial charge in [-0.2, -0.15) is 0 Å². The molecule has 0 aliphatic carbocycles. The zero-order chi connectivity index (χ0) is 26.1. The van der Waals surface area contributed by atoms with E-state index in [0.29, 0.717) is 44.3 Å². The van der Waals surface area contributed by atoms with E-state index in [2.05, 4.69) is 44.4 Å². The van der Waals surface area contributed by atoms with Crippen LogP contribution in [0.1, 0.15) is 42.9 Å². The molecule has 2 N–H and O–H groups in total. The number of fused-ring (bicyclic) bond motifs is 1. The van der Waals surface area contributed by atoms with Gasteiger partial charge in [0.2, 0.25) is 0 Å². The maximum absolute atomic E-state index is 13.2. The number of carbonyl (C=O) groups is 1. The zero-order valence-corrected chi connectivity index (χ0v) is 22.2. The first-order valence-electron chi connectivity index (χ1n) is 12.0. The number of benzene rings is 1. The molecular formula is C26H27Cl2N7O2. The van der Waals surface area contributed by atoms with Gasteiger partial charge in [-0.15, -0.1) is 5.10 Å². The molecule has 0 radical (unpaired) electrons. The monoisotopic (exact) mass is 539 g/mol. The van der Waals surface area contributed by atoms with E-state index in [1.54, 1.807) is 13.1 Å². The van der Waals surface area contributed by atoms with Gasteiger partial charge < -0.3 is 20.4 Å².